The maximum absolute atomic E-state index is 11.0. The molecule has 1 nitrogen and oxygen atoms in total. The zero-order chi connectivity index (χ0) is 9.30. The molecule has 0 bridgehead atoms. The van der Waals surface area contributed by atoms with E-state index in [0.717, 1.165) is 8.04 Å². The quantitative estimate of drug-likeness (QED) is 0.422. The van der Waals surface area contributed by atoms with Gasteiger partial charge < -0.3 is 0 Å². The van der Waals surface area contributed by atoms with Crippen molar-refractivity contribution >= 4 is 55.9 Å². The zero-order valence-corrected chi connectivity index (χ0v) is 10.7. The van der Waals surface area contributed by atoms with Crippen molar-refractivity contribution in [2.24, 2.45) is 0 Å². The molecule has 0 fully saturated rings. The van der Waals surface area contributed by atoms with Crippen LogP contribution in [0.5, 0.6) is 0 Å². The molecule has 0 radical (unpaired) electrons. The summed E-state index contributed by atoms with van der Waals surface area (Å²) in [5.74, 6) is 0.0141. The molecule has 0 aromatic heterocycles. The second-order valence-electron chi connectivity index (χ2n) is 2.30. The average Bonchev–Trinajstić information content (AvgIpc) is 1.96. The molecule has 0 atom stereocenters. The normalized spacial score (nSPS) is 10.0. The van der Waals surface area contributed by atoms with E-state index in [9.17, 15) is 4.79 Å². The average molecular weight is 359 g/mol. The van der Waals surface area contributed by atoms with Crippen LogP contribution in [0.25, 0.3) is 0 Å². The second kappa shape index (κ2) is 4.07. The van der Waals surface area contributed by atoms with E-state index in [1.807, 2.05) is 6.07 Å². The van der Waals surface area contributed by atoms with Crippen LogP contribution in [0, 0.1) is 3.57 Å². The van der Waals surface area contributed by atoms with Gasteiger partial charge in [-0.2, -0.15) is 0 Å². The van der Waals surface area contributed by atoms with Crippen LogP contribution < -0.4 is 0 Å². The highest BCUT2D eigenvalue weighted by molar-refractivity contribution is 14.1. The first kappa shape index (κ1) is 10.5. The molecule has 12 heavy (non-hydrogen) atoms. The first-order valence-corrected chi connectivity index (χ1v) is 5.43. The molecule has 0 amide bonds. The molecule has 0 saturated carbocycles. The van der Waals surface area contributed by atoms with Crippen LogP contribution in [-0.4, -0.2) is 5.78 Å². The number of carbonyl (C=O) groups is 1. The van der Waals surface area contributed by atoms with Gasteiger partial charge in [0.2, 0.25) is 0 Å². The fraction of sp³-hybridized carbons (Fsp3) is 0.125. The number of Topliss-reactive ketones (excluding diaryl/α,β-unsaturated/α-hetero) is 1. The minimum absolute atomic E-state index is 0.0141. The van der Waals surface area contributed by atoms with E-state index in [-0.39, 0.29) is 5.78 Å². The van der Waals surface area contributed by atoms with Gasteiger partial charge in [-0.15, -0.1) is 0 Å². The maximum atomic E-state index is 11.0. The Morgan fingerprint density at radius 2 is 2.17 bits per heavy atom. The molecule has 0 spiro atoms. The Morgan fingerprint density at radius 3 is 2.67 bits per heavy atom. The molecule has 0 saturated heterocycles. The Balaban J connectivity index is 3.33. The third-order valence-corrected chi connectivity index (χ3v) is 3.57. The van der Waals surface area contributed by atoms with E-state index in [4.69, 9.17) is 11.6 Å². The largest absolute Gasteiger partial charge is 0.294 e. The van der Waals surface area contributed by atoms with E-state index < -0.39 is 0 Å². The number of carbonyl (C=O) groups excluding carboxylic acids is 1. The van der Waals surface area contributed by atoms with Crippen molar-refractivity contribution in [2.75, 3.05) is 0 Å². The van der Waals surface area contributed by atoms with E-state index in [1.165, 1.54) is 6.92 Å². The van der Waals surface area contributed by atoms with Gasteiger partial charge in [0, 0.05) is 13.6 Å². The van der Waals surface area contributed by atoms with E-state index in [2.05, 4.69) is 38.5 Å². The van der Waals surface area contributed by atoms with Gasteiger partial charge in [-0.25, -0.2) is 0 Å². The molecule has 64 valence electrons. The van der Waals surface area contributed by atoms with Crippen molar-refractivity contribution in [3.63, 3.8) is 0 Å². The van der Waals surface area contributed by atoms with Crippen molar-refractivity contribution in [3.8, 4) is 0 Å². The van der Waals surface area contributed by atoms with Crippen LogP contribution in [0.1, 0.15) is 17.3 Å². The highest BCUT2D eigenvalue weighted by Crippen LogP contribution is 2.26. The highest BCUT2D eigenvalue weighted by atomic mass is 127. The lowest BCUT2D eigenvalue weighted by Crippen LogP contribution is -1.94. The summed E-state index contributed by atoms with van der Waals surface area (Å²) in [5, 5.41) is 0.615. The van der Waals surface area contributed by atoms with Crippen molar-refractivity contribution in [2.45, 2.75) is 6.92 Å². The zero-order valence-electron chi connectivity index (χ0n) is 6.20. The Labute approximate surface area is 97.8 Å². The van der Waals surface area contributed by atoms with Gasteiger partial charge in [0.1, 0.15) is 0 Å². The van der Waals surface area contributed by atoms with Crippen LogP contribution >= 0.6 is 50.1 Å². The fourth-order valence-electron chi connectivity index (χ4n) is 0.792. The SMILES string of the molecule is CC(=O)c1cc(Cl)c(I)cc1Br. The molecule has 1 rings (SSSR count). The van der Waals surface area contributed by atoms with E-state index in [1.54, 1.807) is 6.07 Å². The molecule has 0 unspecified atom stereocenters. The van der Waals surface area contributed by atoms with Gasteiger partial charge in [-0.05, 0) is 41.6 Å². The number of hydrogen-bond donors (Lipinski definition) is 0. The number of benzene rings is 1. The van der Waals surface area contributed by atoms with Gasteiger partial charge in [-0.1, -0.05) is 27.5 Å². The number of halogens is 3. The molecule has 0 heterocycles. The molecule has 0 aliphatic carbocycles. The second-order valence-corrected chi connectivity index (χ2v) is 4.73. The molecule has 1 aromatic carbocycles. The third kappa shape index (κ3) is 2.20. The molecule has 0 aliphatic rings. The Bertz CT molecular complexity index is 338. The predicted molar refractivity (Wildman–Crippen MR) is 61.9 cm³/mol. The monoisotopic (exact) mass is 358 g/mol. The Kier molecular flexibility index (Phi) is 3.55. The van der Waals surface area contributed by atoms with Crippen molar-refractivity contribution in [1.82, 2.24) is 0 Å². The lowest BCUT2D eigenvalue weighted by Gasteiger charge is -2.02. The summed E-state index contributed by atoms with van der Waals surface area (Å²) in [7, 11) is 0. The van der Waals surface area contributed by atoms with Crippen molar-refractivity contribution in [1.29, 1.82) is 0 Å². The van der Waals surface area contributed by atoms with Crippen LogP contribution in [-0.2, 0) is 0 Å². The third-order valence-electron chi connectivity index (χ3n) is 1.39. The summed E-state index contributed by atoms with van der Waals surface area (Å²) in [6.07, 6.45) is 0. The molecule has 0 N–H and O–H groups in total. The maximum Gasteiger partial charge on any atom is 0.160 e. The van der Waals surface area contributed by atoms with Gasteiger partial charge in [0.05, 0.1) is 5.02 Å². The molecular formula is C8H5BrClIO. The molecule has 0 aliphatic heterocycles. The molecule has 1 aromatic rings. The summed E-state index contributed by atoms with van der Waals surface area (Å²) >= 11 is 11.3. The molecule has 4 heteroatoms. The standard InChI is InChI=1S/C8H5BrClIO/c1-4(12)5-2-7(10)8(11)3-6(5)9/h2-3H,1H3. The fourth-order valence-corrected chi connectivity index (χ4v) is 2.47. The van der Waals surface area contributed by atoms with Gasteiger partial charge in [0.15, 0.2) is 5.78 Å². The summed E-state index contributed by atoms with van der Waals surface area (Å²) in [6, 6.07) is 3.51. The minimum atomic E-state index is 0.0141. The first-order chi connectivity index (χ1) is 5.52. The van der Waals surface area contributed by atoms with Crippen LogP contribution in [0.4, 0.5) is 0 Å². The lowest BCUT2D eigenvalue weighted by atomic mass is 10.1. The Hall–Kier alpha value is 0.390. The number of hydrogen-bond acceptors (Lipinski definition) is 1. The summed E-state index contributed by atoms with van der Waals surface area (Å²) in [6.45, 7) is 1.52. The van der Waals surface area contributed by atoms with Crippen molar-refractivity contribution in [3.05, 3.63) is 30.8 Å². The van der Waals surface area contributed by atoms with Gasteiger partial charge >= 0.3 is 0 Å². The topological polar surface area (TPSA) is 17.1 Å². The van der Waals surface area contributed by atoms with Crippen LogP contribution in [0.3, 0.4) is 0 Å². The van der Waals surface area contributed by atoms with Gasteiger partial charge in [0.25, 0.3) is 0 Å². The first-order valence-electron chi connectivity index (χ1n) is 3.18. The van der Waals surface area contributed by atoms with Crippen LogP contribution in [0.15, 0.2) is 16.6 Å². The number of ketones is 1. The summed E-state index contributed by atoms with van der Waals surface area (Å²) in [4.78, 5) is 11.0. The minimum Gasteiger partial charge on any atom is -0.294 e. The Morgan fingerprint density at radius 1 is 1.58 bits per heavy atom. The van der Waals surface area contributed by atoms with E-state index >= 15 is 0 Å². The predicted octanol–water partition coefficient (Wildman–Crippen LogP) is 3.91. The summed E-state index contributed by atoms with van der Waals surface area (Å²) in [5.41, 5.74) is 0.625. The smallest absolute Gasteiger partial charge is 0.160 e. The van der Waals surface area contributed by atoms with Crippen molar-refractivity contribution < 1.29 is 4.79 Å². The summed E-state index contributed by atoms with van der Waals surface area (Å²) < 4.78 is 1.73. The lowest BCUT2D eigenvalue weighted by molar-refractivity contribution is 0.101. The van der Waals surface area contributed by atoms with E-state index in [0.29, 0.717) is 10.6 Å². The highest BCUT2D eigenvalue weighted by Gasteiger charge is 2.08. The van der Waals surface area contributed by atoms with Gasteiger partial charge in [-0.3, -0.25) is 4.79 Å². The van der Waals surface area contributed by atoms with Crippen LogP contribution in [0.2, 0.25) is 5.02 Å². The molecular weight excluding hydrogens is 354 g/mol. The number of rotatable bonds is 1.